The predicted octanol–water partition coefficient (Wildman–Crippen LogP) is 9.74. The zero-order chi connectivity index (χ0) is 27.9. The molecule has 5 aromatic rings. The summed E-state index contributed by atoms with van der Waals surface area (Å²) in [5.41, 5.74) is 4.64. The van der Waals surface area contributed by atoms with Gasteiger partial charge in [-0.3, -0.25) is 0 Å². The van der Waals surface area contributed by atoms with Gasteiger partial charge in [-0.25, -0.2) is 4.99 Å². The van der Waals surface area contributed by atoms with Gasteiger partial charge in [0.15, 0.2) is 11.5 Å². The van der Waals surface area contributed by atoms with Crippen LogP contribution in [-0.4, -0.2) is 12.8 Å². The summed E-state index contributed by atoms with van der Waals surface area (Å²) in [6, 6.07) is 33.5. The quantitative estimate of drug-likeness (QED) is 0.148. The van der Waals surface area contributed by atoms with Crippen molar-refractivity contribution < 1.29 is 13.9 Å². The molecule has 0 aliphatic rings. The highest BCUT2D eigenvalue weighted by Gasteiger charge is 2.22. The SMILES string of the molecule is CCOc1cc(C=Nc2oc(-c3ccccc3)c(-c3ccccc3)c2C#N)cc(Br)c1OCc1ccc(Br)cc1. The molecule has 198 valence electrons. The van der Waals surface area contributed by atoms with Gasteiger partial charge in [0.2, 0.25) is 5.88 Å². The van der Waals surface area contributed by atoms with E-state index in [0.29, 0.717) is 41.6 Å². The van der Waals surface area contributed by atoms with Crippen LogP contribution in [0, 0.1) is 11.3 Å². The fourth-order valence-corrected chi connectivity index (χ4v) is 5.06. The van der Waals surface area contributed by atoms with Gasteiger partial charge in [0.05, 0.1) is 11.1 Å². The van der Waals surface area contributed by atoms with E-state index in [4.69, 9.17) is 13.9 Å². The lowest BCUT2D eigenvalue weighted by atomic mass is 9.98. The Bertz CT molecular complexity index is 1670. The molecule has 0 aliphatic heterocycles. The van der Waals surface area contributed by atoms with Crippen molar-refractivity contribution in [2.24, 2.45) is 4.99 Å². The predicted molar refractivity (Wildman–Crippen MR) is 165 cm³/mol. The highest BCUT2D eigenvalue weighted by Crippen LogP contribution is 2.43. The van der Waals surface area contributed by atoms with Gasteiger partial charge in [-0.1, -0.05) is 88.7 Å². The Kier molecular flexibility index (Phi) is 8.80. The minimum absolute atomic E-state index is 0.241. The molecule has 5 rings (SSSR count). The minimum Gasteiger partial charge on any atom is -0.490 e. The second-order valence-electron chi connectivity index (χ2n) is 8.77. The average molecular weight is 656 g/mol. The zero-order valence-corrected chi connectivity index (χ0v) is 24.8. The minimum atomic E-state index is 0.241. The number of rotatable bonds is 9. The lowest BCUT2D eigenvalue weighted by molar-refractivity contribution is 0.267. The summed E-state index contributed by atoms with van der Waals surface area (Å²) >= 11 is 7.09. The topological polar surface area (TPSA) is 67.8 Å². The molecule has 0 amide bonds. The van der Waals surface area contributed by atoms with E-state index in [2.05, 4.69) is 42.9 Å². The zero-order valence-electron chi connectivity index (χ0n) is 21.6. The van der Waals surface area contributed by atoms with Crippen LogP contribution in [0.1, 0.15) is 23.6 Å². The molecule has 0 spiro atoms. The first-order chi connectivity index (χ1) is 19.6. The molecule has 7 heteroatoms. The number of furan rings is 1. The van der Waals surface area contributed by atoms with Crippen LogP contribution < -0.4 is 9.47 Å². The molecule has 0 N–H and O–H groups in total. The molecular formula is C33H24Br2N2O3. The Morgan fingerprint density at radius 2 is 1.55 bits per heavy atom. The number of hydrogen-bond acceptors (Lipinski definition) is 5. The van der Waals surface area contributed by atoms with Gasteiger partial charge in [0, 0.05) is 21.8 Å². The molecule has 0 unspecified atom stereocenters. The molecule has 0 saturated heterocycles. The third-order valence-corrected chi connectivity index (χ3v) is 7.18. The van der Waals surface area contributed by atoms with E-state index in [9.17, 15) is 5.26 Å². The van der Waals surface area contributed by atoms with Crippen molar-refractivity contribution in [1.82, 2.24) is 0 Å². The van der Waals surface area contributed by atoms with Crippen molar-refractivity contribution >= 4 is 44.0 Å². The van der Waals surface area contributed by atoms with Crippen LogP contribution in [0.5, 0.6) is 11.5 Å². The van der Waals surface area contributed by atoms with Gasteiger partial charge in [-0.2, -0.15) is 5.26 Å². The summed E-state index contributed by atoms with van der Waals surface area (Å²) in [5, 5.41) is 10.2. The van der Waals surface area contributed by atoms with Crippen LogP contribution >= 0.6 is 31.9 Å². The maximum Gasteiger partial charge on any atom is 0.238 e. The normalized spacial score (nSPS) is 10.9. The summed E-state index contributed by atoms with van der Waals surface area (Å²) in [5.74, 6) is 2.04. The summed E-state index contributed by atoms with van der Waals surface area (Å²) in [7, 11) is 0. The van der Waals surface area contributed by atoms with E-state index in [1.54, 1.807) is 6.21 Å². The highest BCUT2D eigenvalue weighted by atomic mass is 79.9. The van der Waals surface area contributed by atoms with E-state index in [1.807, 2.05) is 104 Å². The Morgan fingerprint density at radius 1 is 0.875 bits per heavy atom. The summed E-state index contributed by atoms with van der Waals surface area (Å²) in [6.07, 6.45) is 1.66. The van der Waals surface area contributed by atoms with Crippen molar-refractivity contribution in [2.45, 2.75) is 13.5 Å². The molecule has 0 bridgehead atoms. The van der Waals surface area contributed by atoms with Gasteiger partial charge in [0.1, 0.15) is 24.0 Å². The number of nitriles is 1. The van der Waals surface area contributed by atoms with E-state index in [1.165, 1.54) is 0 Å². The largest absolute Gasteiger partial charge is 0.490 e. The third kappa shape index (κ3) is 6.20. The lowest BCUT2D eigenvalue weighted by Gasteiger charge is -2.14. The van der Waals surface area contributed by atoms with Crippen LogP contribution in [0.4, 0.5) is 5.88 Å². The Hall–Kier alpha value is -4.12. The van der Waals surface area contributed by atoms with Gasteiger partial charge >= 0.3 is 0 Å². The molecule has 0 radical (unpaired) electrons. The first-order valence-electron chi connectivity index (χ1n) is 12.6. The average Bonchev–Trinajstić information content (AvgIpc) is 3.36. The molecule has 40 heavy (non-hydrogen) atoms. The van der Waals surface area contributed by atoms with E-state index in [0.717, 1.165) is 31.2 Å². The first kappa shape index (κ1) is 27.4. The second-order valence-corrected chi connectivity index (χ2v) is 10.5. The van der Waals surface area contributed by atoms with Crippen molar-refractivity contribution in [3.05, 3.63) is 123 Å². The van der Waals surface area contributed by atoms with Crippen molar-refractivity contribution in [2.75, 3.05) is 6.61 Å². The van der Waals surface area contributed by atoms with Gasteiger partial charge < -0.3 is 13.9 Å². The Balaban J connectivity index is 1.50. The number of ether oxygens (including phenoxy) is 2. The molecule has 4 aromatic carbocycles. The molecule has 5 nitrogen and oxygen atoms in total. The maximum absolute atomic E-state index is 10.2. The van der Waals surface area contributed by atoms with Gasteiger partial charge in [-0.05, 0) is 63.8 Å². The number of halogens is 2. The number of benzene rings is 4. The molecule has 0 saturated carbocycles. The first-order valence-corrected chi connectivity index (χ1v) is 14.2. The van der Waals surface area contributed by atoms with E-state index < -0.39 is 0 Å². The van der Waals surface area contributed by atoms with Crippen molar-refractivity contribution in [1.29, 1.82) is 5.26 Å². The van der Waals surface area contributed by atoms with Crippen molar-refractivity contribution in [3.8, 4) is 40.0 Å². The second kappa shape index (κ2) is 12.8. The summed E-state index contributed by atoms with van der Waals surface area (Å²) in [6.45, 7) is 2.78. The van der Waals surface area contributed by atoms with Crippen LogP contribution in [0.3, 0.4) is 0 Å². The Labute approximate surface area is 250 Å². The Morgan fingerprint density at radius 3 is 2.20 bits per heavy atom. The monoisotopic (exact) mass is 654 g/mol. The standard InChI is InChI=1S/C33H24Br2N2O3/c1-2-38-29-18-23(17-28(35)32(29)39-21-22-13-15-26(34)16-14-22)20-37-33-27(19-36)30(24-9-5-3-6-10-24)31(40-33)25-11-7-4-8-12-25/h3-18,20H,2,21H2,1H3. The number of hydrogen-bond donors (Lipinski definition) is 0. The van der Waals surface area contributed by atoms with Crippen LogP contribution in [-0.2, 0) is 6.61 Å². The molecular weight excluding hydrogens is 632 g/mol. The fraction of sp³-hybridized carbons (Fsp3) is 0.0909. The fourth-order valence-electron chi connectivity index (χ4n) is 4.22. The number of nitrogens with zero attached hydrogens (tertiary/aromatic N) is 2. The molecule has 1 aromatic heterocycles. The summed E-state index contributed by atoms with van der Waals surface area (Å²) < 4.78 is 20.0. The van der Waals surface area contributed by atoms with Crippen LogP contribution in [0.25, 0.3) is 22.5 Å². The van der Waals surface area contributed by atoms with Crippen LogP contribution in [0.15, 0.2) is 115 Å². The van der Waals surface area contributed by atoms with Gasteiger partial charge in [0.25, 0.3) is 0 Å². The third-order valence-electron chi connectivity index (χ3n) is 6.06. The maximum atomic E-state index is 10.2. The van der Waals surface area contributed by atoms with Crippen LogP contribution in [0.2, 0.25) is 0 Å². The molecule has 0 aliphatic carbocycles. The molecule has 0 fully saturated rings. The lowest BCUT2D eigenvalue weighted by Crippen LogP contribution is -2.01. The molecule has 1 heterocycles. The van der Waals surface area contributed by atoms with E-state index >= 15 is 0 Å². The van der Waals surface area contributed by atoms with Crippen molar-refractivity contribution in [3.63, 3.8) is 0 Å². The van der Waals surface area contributed by atoms with E-state index in [-0.39, 0.29) is 5.88 Å². The number of aliphatic imine (C=N–C) groups is 1. The molecule has 0 atom stereocenters. The van der Waals surface area contributed by atoms with Gasteiger partial charge in [-0.15, -0.1) is 0 Å². The summed E-state index contributed by atoms with van der Waals surface area (Å²) in [4.78, 5) is 4.62. The smallest absolute Gasteiger partial charge is 0.238 e. The highest BCUT2D eigenvalue weighted by molar-refractivity contribution is 9.10.